The molecule has 0 saturated heterocycles. The first-order valence-electron chi connectivity index (χ1n) is 20.7. The molecule has 0 bridgehead atoms. The number of carbonyl (C=O) groups excluding carboxylic acids is 2. The van der Waals surface area contributed by atoms with Gasteiger partial charge < -0.3 is 24.0 Å². The molecule has 0 aromatic carbocycles. The number of quaternary nitrogens is 1. The van der Waals surface area contributed by atoms with Gasteiger partial charge in [0.15, 0.2) is 6.10 Å². The summed E-state index contributed by atoms with van der Waals surface area (Å²) in [5, 5.41) is 10.0. The third-order valence-electron chi connectivity index (χ3n) is 7.88. The number of aliphatic hydroxyl groups is 1. The maximum Gasteiger partial charge on any atom is 0.472 e. The highest BCUT2D eigenvalue weighted by Gasteiger charge is 2.27. The van der Waals surface area contributed by atoms with Crippen LogP contribution in [0.2, 0.25) is 0 Å². The first-order chi connectivity index (χ1) is 27.4. The van der Waals surface area contributed by atoms with Gasteiger partial charge in [-0.2, -0.15) is 0 Å². The van der Waals surface area contributed by atoms with Gasteiger partial charge in [0.2, 0.25) is 0 Å². The van der Waals surface area contributed by atoms with Crippen LogP contribution in [0, 0.1) is 0 Å². The van der Waals surface area contributed by atoms with E-state index >= 15 is 0 Å². The number of phosphoric ester groups is 1. The number of esters is 2. The zero-order valence-electron chi connectivity index (χ0n) is 35.6. The topological polar surface area (TPSA) is 129 Å². The van der Waals surface area contributed by atoms with Gasteiger partial charge in [-0.3, -0.25) is 18.6 Å². The van der Waals surface area contributed by atoms with Crippen molar-refractivity contribution >= 4 is 19.8 Å². The van der Waals surface area contributed by atoms with Crippen molar-refractivity contribution < 1.29 is 47.2 Å². The second-order valence-electron chi connectivity index (χ2n) is 14.5. The van der Waals surface area contributed by atoms with Crippen LogP contribution in [0.5, 0.6) is 0 Å². The molecule has 57 heavy (non-hydrogen) atoms. The smallest absolute Gasteiger partial charge is 0.462 e. The Hall–Kier alpha value is -3.37. The minimum absolute atomic E-state index is 0.00376. The number of allylic oxidation sites excluding steroid dienone is 16. The van der Waals surface area contributed by atoms with E-state index < -0.39 is 38.6 Å². The molecule has 0 radical (unpaired) electrons. The molecule has 2 unspecified atom stereocenters. The summed E-state index contributed by atoms with van der Waals surface area (Å²) in [7, 11) is 1.35. The minimum Gasteiger partial charge on any atom is -0.462 e. The molecule has 0 fully saturated rings. The number of hydrogen-bond donors (Lipinski definition) is 2. The molecular formula is C46H75NO9P+. The summed E-state index contributed by atoms with van der Waals surface area (Å²) in [6, 6.07) is 0. The fourth-order valence-electron chi connectivity index (χ4n) is 4.65. The summed E-state index contributed by atoms with van der Waals surface area (Å²) in [5.41, 5.74) is 0. The zero-order valence-corrected chi connectivity index (χ0v) is 36.5. The number of hydrogen-bond acceptors (Lipinski definition) is 8. The highest BCUT2D eigenvalue weighted by atomic mass is 31.2. The number of aliphatic hydroxyl groups excluding tert-OH is 1. The van der Waals surface area contributed by atoms with Crippen LogP contribution in [-0.4, -0.2) is 86.1 Å². The van der Waals surface area contributed by atoms with Gasteiger partial charge in [0.05, 0.1) is 33.9 Å². The largest absolute Gasteiger partial charge is 0.472 e. The van der Waals surface area contributed by atoms with E-state index in [-0.39, 0.29) is 26.1 Å². The Labute approximate surface area is 345 Å². The monoisotopic (exact) mass is 817 g/mol. The highest BCUT2D eigenvalue weighted by molar-refractivity contribution is 7.47. The van der Waals surface area contributed by atoms with E-state index in [2.05, 4.69) is 74.6 Å². The highest BCUT2D eigenvalue weighted by Crippen LogP contribution is 2.43. The first kappa shape index (κ1) is 53.6. The molecule has 11 heteroatoms. The van der Waals surface area contributed by atoms with Gasteiger partial charge in [0.1, 0.15) is 19.8 Å². The average molecular weight is 817 g/mol. The molecule has 0 amide bonds. The lowest BCUT2D eigenvalue weighted by molar-refractivity contribution is -0.870. The van der Waals surface area contributed by atoms with E-state index in [1.165, 1.54) is 0 Å². The van der Waals surface area contributed by atoms with E-state index in [0.29, 0.717) is 43.1 Å². The van der Waals surface area contributed by atoms with Crippen molar-refractivity contribution in [2.45, 2.75) is 122 Å². The number of likely N-dealkylation sites (N-methyl/N-ethyl adjacent to an activating group) is 1. The van der Waals surface area contributed by atoms with Crippen molar-refractivity contribution in [2.24, 2.45) is 0 Å². The van der Waals surface area contributed by atoms with Crippen LogP contribution >= 0.6 is 7.82 Å². The molecule has 0 rings (SSSR count). The standard InChI is InChI=1S/C46H74NO9P/c1-6-8-10-12-14-15-16-17-18-19-20-21-25-29-33-37-45(49)53-41-44(42-55-57(51,52)54-40-39-47(3,4)5)56-46(50)38-34-30-26-23-22-24-28-32-36-43(48)35-31-27-13-11-9-7-2/h8-11,14-15,17-18,20-21,23-24,26-28,31-32,36,43-44,48H,6-7,12-13,16,19,22,25,29-30,33-35,37-42H2,1-5H3/p+1/b10-8-,11-9-,15-14-,18-17-,21-20-,26-23-,28-24-,31-27-,36-32+/t43?,44-/m1/s1. The third-order valence-corrected chi connectivity index (χ3v) is 8.86. The Morgan fingerprint density at radius 1 is 0.632 bits per heavy atom. The van der Waals surface area contributed by atoms with Crippen LogP contribution in [0.4, 0.5) is 0 Å². The van der Waals surface area contributed by atoms with Crippen molar-refractivity contribution in [2.75, 3.05) is 47.5 Å². The second-order valence-corrected chi connectivity index (χ2v) is 15.9. The van der Waals surface area contributed by atoms with Gasteiger partial charge >= 0.3 is 19.8 Å². The van der Waals surface area contributed by atoms with Crippen molar-refractivity contribution in [3.05, 3.63) is 109 Å². The quantitative estimate of drug-likeness (QED) is 0.0160. The van der Waals surface area contributed by atoms with Crippen LogP contribution < -0.4 is 0 Å². The molecule has 0 aliphatic heterocycles. The molecule has 0 aromatic rings. The Kier molecular flexibility index (Phi) is 34.8. The van der Waals surface area contributed by atoms with Crippen molar-refractivity contribution in [1.82, 2.24) is 0 Å². The lowest BCUT2D eigenvalue weighted by Gasteiger charge is -2.24. The van der Waals surface area contributed by atoms with E-state index in [0.717, 1.165) is 51.4 Å². The molecule has 0 heterocycles. The number of phosphoric acid groups is 1. The van der Waals surface area contributed by atoms with Crippen LogP contribution in [0.15, 0.2) is 109 Å². The first-order valence-corrected chi connectivity index (χ1v) is 22.2. The Bertz CT molecular complexity index is 1350. The molecule has 2 N–H and O–H groups in total. The molecule has 0 spiro atoms. The van der Waals surface area contributed by atoms with Gasteiger partial charge in [-0.1, -0.05) is 123 Å². The molecule has 0 saturated carbocycles. The van der Waals surface area contributed by atoms with Crippen LogP contribution in [0.25, 0.3) is 0 Å². The lowest BCUT2D eigenvalue weighted by Crippen LogP contribution is -2.37. The van der Waals surface area contributed by atoms with Crippen LogP contribution in [0.3, 0.4) is 0 Å². The predicted molar refractivity (Wildman–Crippen MR) is 234 cm³/mol. The SMILES string of the molecule is CC/C=C\C/C=C\C/C=C\C/C=C\CCCCC(=O)OC[C@H](COP(=O)(O)OCC[N+](C)(C)C)OC(=O)CCC/C=C\C/C=C\C=C\C(O)C/C=C\C/C=C\CC. The number of nitrogens with zero attached hydrogens (tertiary/aromatic N) is 1. The molecule has 322 valence electrons. The Morgan fingerprint density at radius 3 is 1.75 bits per heavy atom. The summed E-state index contributed by atoms with van der Waals surface area (Å²) in [4.78, 5) is 35.3. The zero-order chi connectivity index (χ0) is 42.3. The summed E-state index contributed by atoms with van der Waals surface area (Å²) < 4.78 is 34.1. The van der Waals surface area contributed by atoms with E-state index in [1.54, 1.807) is 6.08 Å². The average Bonchev–Trinajstić information content (AvgIpc) is 3.15. The summed E-state index contributed by atoms with van der Waals surface area (Å²) in [5.74, 6) is -0.970. The molecule has 0 aliphatic carbocycles. The second kappa shape index (κ2) is 36.9. The predicted octanol–water partition coefficient (Wildman–Crippen LogP) is 10.5. The third kappa shape index (κ3) is 40.6. The maximum atomic E-state index is 12.7. The molecule has 3 atom stereocenters. The maximum absolute atomic E-state index is 12.7. The van der Waals surface area contributed by atoms with E-state index in [4.69, 9.17) is 18.5 Å². The van der Waals surface area contributed by atoms with Crippen molar-refractivity contribution in [1.29, 1.82) is 0 Å². The van der Waals surface area contributed by atoms with Gasteiger partial charge in [-0.25, -0.2) is 4.57 Å². The summed E-state index contributed by atoms with van der Waals surface area (Å²) >= 11 is 0. The van der Waals surface area contributed by atoms with Crippen molar-refractivity contribution in [3.8, 4) is 0 Å². The number of unbranched alkanes of at least 4 members (excludes halogenated alkanes) is 3. The minimum atomic E-state index is -4.42. The van der Waals surface area contributed by atoms with E-state index in [1.807, 2.05) is 63.7 Å². The van der Waals surface area contributed by atoms with Gasteiger partial charge in [-0.05, 0) is 83.5 Å². The Balaban J connectivity index is 4.66. The van der Waals surface area contributed by atoms with Crippen LogP contribution in [-0.2, 0) is 32.7 Å². The number of rotatable bonds is 35. The fraction of sp³-hybridized carbons (Fsp3) is 0.565. The normalized spacial score (nSPS) is 15.3. The summed E-state index contributed by atoms with van der Waals surface area (Å²) in [6.07, 6.45) is 46.1. The number of carbonyl (C=O) groups is 2. The van der Waals surface area contributed by atoms with Crippen LogP contribution in [0.1, 0.15) is 110 Å². The molecule has 10 nitrogen and oxygen atoms in total. The number of ether oxygens (including phenoxy) is 2. The molecule has 0 aliphatic rings. The van der Waals surface area contributed by atoms with Gasteiger partial charge in [0, 0.05) is 12.8 Å². The van der Waals surface area contributed by atoms with Gasteiger partial charge in [0.25, 0.3) is 0 Å². The fourth-order valence-corrected chi connectivity index (χ4v) is 5.39. The van der Waals surface area contributed by atoms with Gasteiger partial charge in [-0.15, -0.1) is 0 Å². The Morgan fingerprint density at radius 2 is 1.16 bits per heavy atom. The lowest BCUT2D eigenvalue weighted by atomic mass is 10.2. The van der Waals surface area contributed by atoms with E-state index in [9.17, 15) is 24.2 Å². The molecule has 0 aromatic heterocycles. The molecular weight excluding hydrogens is 741 g/mol. The summed E-state index contributed by atoms with van der Waals surface area (Å²) in [6.45, 7) is 3.94. The van der Waals surface area contributed by atoms with Crippen molar-refractivity contribution in [3.63, 3.8) is 0 Å².